The van der Waals surface area contributed by atoms with E-state index in [9.17, 15) is 0 Å². The molecular weight excluding hydrogens is 234 g/mol. The summed E-state index contributed by atoms with van der Waals surface area (Å²) in [6.45, 7) is 2.09. The van der Waals surface area contributed by atoms with Crippen LogP contribution in [0.5, 0.6) is 0 Å². The standard InChI is InChI=1S/C11H11N5S/c1-6-7(3-4-17-6)9-8-5-13-16-10(8)15-11(12-2)14-9/h3-5H,1-2H3,(H2,12,13,14,15,16). The minimum atomic E-state index is 0.599. The van der Waals surface area contributed by atoms with Gasteiger partial charge in [0, 0.05) is 17.5 Å². The van der Waals surface area contributed by atoms with Crippen LogP contribution in [0.4, 0.5) is 5.95 Å². The Bertz CT molecular complexity index is 669. The number of nitrogens with zero attached hydrogens (tertiary/aromatic N) is 3. The minimum absolute atomic E-state index is 0.599. The molecule has 0 amide bonds. The zero-order chi connectivity index (χ0) is 11.8. The van der Waals surface area contributed by atoms with Crippen molar-refractivity contribution in [3.05, 3.63) is 22.5 Å². The summed E-state index contributed by atoms with van der Waals surface area (Å²) >= 11 is 1.71. The van der Waals surface area contributed by atoms with E-state index in [1.54, 1.807) is 17.5 Å². The van der Waals surface area contributed by atoms with E-state index in [0.717, 1.165) is 22.3 Å². The normalized spacial score (nSPS) is 10.9. The smallest absolute Gasteiger partial charge is 0.225 e. The fourth-order valence-corrected chi connectivity index (χ4v) is 2.48. The third kappa shape index (κ3) is 1.57. The van der Waals surface area contributed by atoms with Crippen LogP contribution >= 0.6 is 11.3 Å². The van der Waals surface area contributed by atoms with Crippen molar-refractivity contribution < 1.29 is 0 Å². The van der Waals surface area contributed by atoms with E-state index >= 15 is 0 Å². The van der Waals surface area contributed by atoms with Gasteiger partial charge in [0.1, 0.15) is 0 Å². The van der Waals surface area contributed by atoms with Gasteiger partial charge in [0.25, 0.3) is 0 Å². The van der Waals surface area contributed by atoms with E-state index in [1.807, 2.05) is 7.05 Å². The summed E-state index contributed by atoms with van der Waals surface area (Å²) in [6.07, 6.45) is 1.77. The molecule has 3 aromatic heterocycles. The molecule has 0 bridgehead atoms. The lowest BCUT2D eigenvalue weighted by Gasteiger charge is -2.04. The van der Waals surface area contributed by atoms with Crippen LogP contribution in [0.1, 0.15) is 4.88 Å². The molecule has 0 spiro atoms. The lowest BCUT2D eigenvalue weighted by molar-refractivity contribution is 1.09. The molecule has 0 fully saturated rings. The summed E-state index contributed by atoms with van der Waals surface area (Å²) in [6, 6.07) is 2.08. The first-order valence-corrected chi connectivity index (χ1v) is 6.11. The predicted molar refractivity (Wildman–Crippen MR) is 69.3 cm³/mol. The zero-order valence-corrected chi connectivity index (χ0v) is 10.3. The average molecular weight is 245 g/mol. The second-order valence-electron chi connectivity index (χ2n) is 3.67. The number of aryl methyl sites for hydroxylation is 1. The number of hydrogen-bond acceptors (Lipinski definition) is 5. The fourth-order valence-electron chi connectivity index (χ4n) is 1.78. The Labute approximate surface area is 102 Å². The van der Waals surface area contributed by atoms with E-state index < -0.39 is 0 Å². The second-order valence-corrected chi connectivity index (χ2v) is 4.79. The summed E-state index contributed by atoms with van der Waals surface area (Å²) in [5, 5.41) is 12.9. The number of hydrogen-bond donors (Lipinski definition) is 2. The topological polar surface area (TPSA) is 66.5 Å². The maximum Gasteiger partial charge on any atom is 0.225 e. The average Bonchev–Trinajstić information content (AvgIpc) is 2.95. The Morgan fingerprint density at radius 2 is 2.24 bits per heavy atom. The van der Waals surface area contributed by atoms with Crippen LogP contribution in [0, 0.1) is 6.92 Å². The fraction of sp³-hybridized carbons (Fsp3) is 0.182. The largest absolute Gasteiger partial charge is 0.357 e. The first kappa shape index (κ1) is 10.2. The summed E-state index contributed by atoms with van der Waals surface area (Å²) in [4.78, 5) is 10.1. The second kappa shape index (κ2) is 3.81. The third-order valence-electron chi connectivity index (χ3n) is 2.65. The van der Waals surface area contributed by atoms with Gasteiger partial charge >= 0.3 is 0 Å². The zero-order valence-electron chi connectivity index (χ0n) is 9.48. The number of rotatable bonds is 2. The molecule has 0 aliphatic heterocycles. The Hall–Kier alpha value is -1.95. The molecule has 2 N–H and O–H groups in total. The van der Waals surface area contributed by atoms with Crippen LogP contribution in [0.2, 0.25) is 0 Å². The molecule has 3 rings (SSSR count). The van der Waals surface area contributed by atoms with E-state index in [2.05, 4.69) is 43.9 Å². The molecule has 3 heterocycles. The van der Waals surface area contributed by atoms with E-state index in [4.69, 9.17) is 0 Å². The number of aromatic nitrogens is 4. The van der Waals surface area contributed by atoms with Gasteiger partial charge in [0.15, 0.2) is 5.65 Å². The van der Waals surface area contributed by atoms with Crippen molar-refractivity contribution in [2.75, 3.05) is 12.4 Å². The van der Waals surface area contributed by atoms with Gasteiger partial charge < -0.3 is 5.32 Å². The van der Waals surface area contributed by atoms with Crippen LogP contribution in [-0.4, -0.2) is 27.2 Å². The molecule has 0 radical (unpaired) electrons. The lowest BCUT2D eigenvalue weighted by Crippen LogP contribution is -1.98. The van der Waals surface area contributed by atoms with Gasteiger partial charge in [0.05, 0.1) is 17.3 Å². The monoisotopic (exact) mass is 245 g/mol. The molecule has 0 saturated carbocycles. The highest BCUT2D eigenvalue weighted by Crippen LogP contribution is 2.31. The minimum Gasteiger partial charge on any atom is -0.357 e. The number of H-pyrrole nitrogens is 1. The van der Waals surface area contributed by atoms with Gasteiger partial charge in [-0.3, -0.25) is 5.10 Å². The third-order valence-corrected chi connectivity index (χ3v) is 3.49. The molecule has 6 heteroatoms. The Morgan fingerprint density at radius 3 is 2.94 bits per heavy atom. The van der Waals surface area contributed by atoms with Crippen LogP contribution in [-0.2, 0) is 0 Å². The molecule has 0 unspecified atom stereocenters. The van der Waals surface area contributed by atoms with Crippen LogP contribution in [0.25, 0.3) is 22.3 Å². The van der Waals surface area contributed by atoms with Crippen molar-refractivity contribution in [1.82, 2.24) is 20.2 Å². The highest BCUT2D eigenvalue weighted by Gasteiger charge is 2.13. The molecule has 86 valence electrons. The molecule has 0 aliphatic carbocycles. The predicted octanol–water partition coefficient (Wildman–Crippen LogP) is 2.43. The number of aromatic amines is 1. The summed E-state index contributed by atoms with van der Waals surface area (Å²) < 4.78 is 0. The summed E-state index contributed by atoms with van der Waals surface area (Å²) in [5.74, 6) is 0.599. The van der Waals surface area contributed by atoms with Gasteiger partial charge in [-0.05, 0) is 18.4 Å². The SMILES string of the molecule is CNc1nc(-c2ccsc2C)c2cn[nH]c2n1. The van der Waals surface area contributed by atoms with Gasteiger partial charge in [0.2, 0.25) is 5.95 Å². The van der Waals surface area contributed by atoms with Crippen molar-refractivity contribution >= 4 is 28.3 Å². The highest BCUT2D eigenvalue weighted by atomic mass is 32.1. The maximum absolute atomic E-state index is 4.52. The van der Waals surface area contributed by atoms with Gasteiger partial charge in [-0.2, -0.15) is 10.1 Å². The first-order chi connectivity index (χ1) is 8.29. The molecule has 0 saturated heterocycles. The van der Waals surface area contributed by atoms with Crippen LogP contribution < -0.4 is 5.32 Å². The number of anilines is 1. The van der Waals surface area contributed by atoms with Gasteiger partial charge in [-0.25, -0.2) is 4.98 Å². The Morgan fingerprint density at radius 1 is 1.35 bits per heavy atom. The Kier molecular flexibility index (Phi) is 2.29. The van der Waals surface area contributed by atoms with E-state index in [-0.39, 0.29) is 0 Å². The molecule has 0 atom stereocenters. The number of thiophene rings is 1. The molecule has 0 aromatic carbocycles. The molecule has 0 aliphatic rings. The Balaban J connectivity index is 2.34. The number of fused-ring (bicyclic) bond motifs is 1. The van der Waals surface area contributed by atoms with E-state index in [0.29, 0.717) is 5.95 Å². The van der Waals surface area contributed by atoms with Crippen LogP contribution in [0.15, 0.2) is 17.6 Å². The van der Waals surface area contributed by atoms with Crippen molar-refractivity contribution in [2.45, 2.75) is 6.92 Å². The van der Waals surface area contributed by atoms with Crippen LogP contribution in [0.3, 0.4) is 0 Å². The number of nitrogens with one attached hydrogen (secondary N) is 2. The highest BCUT2D eigenvalue weighted by molar-refractivity contribution is 7.10. The molecule has 17 heavy (non-hydrogen) atoms. The van der Waals surface area contributed by atoms with Gasteiger partial charge in [-0.1, -0.05) is 0 Å². The van der Waals surface area contributed by atoms with Crippen molar-refractivity contribution in [1.29, 1.82) is 0 Å². The maximum atomic E-state index is 4.52. The summed E-state index contributed by atoms with van der Waals surface area (Å²) in [5.41, 5.74) is 2.82. The molecule has 3 aromatic rings. The van der Waals surface area contributed by atoms with Gasteiger partial charge in [-0.15, -0.1) is 11.3 Å². The molecule has 5 nitrogen and oxygen atoms in total. The van der Waals surface area contributed by atoms with Crippen molar-refractivity contribution in [2.24, 2.45) is 0 Å². The van der Waals surface area contributed by atoms with Crippen molar-refractivity contribution in [3.8, 4) is 11.3 Å². The molecular formula is C11H11N5S. The summed E-state index contributed by atoms with van der Waals surface area (Å²) in [7, 11) is 1.81. The first-order valence-electron chi connectivity index (χ1n) is 5.23. The quantitative estimate of drug-likeness (QED) is 0.727. The van der Waals surface area contributed by atoms with Crippen molar-refractivity contribution in [3.63, 3.8) is 0 Å². The van der Waals surface area contributed by atoms with E-state index in [1.165, 1.54) is 4.88 Å². The lowest BCUT2D eigenvalue weighted by atomic mass is 10.1.